The van der Waals surface area contributed by atoms with Gasteiger partial charge in [-0.2, -0.15) is 5.10 Å². The van der Waals surface area contributed by atoms with E-state index in [9.17, 15) is 19.5 Å². The smallest absolute Gasteiger partial charge is 0.335 e. The van der Waals surface area contributed by atoms with E-state index in [4.69, 9.17) is 0 Å². The molecule has 0 aliphatic heterocycles. The van der Waals surface area contributed by atoms with E-state index in [0.29, 0.717) is 11.3 Å². The van der Waals surface area contributed by atoms with Gasteiger partial charge in [0.2, 0.25) is 5.88 Å². The lowest BCUT2D eigenvalue weighted by molar-refractivity contribution is 0.0955. The van der Waals surface area contributed by atoms with E-state index in [1.165, 1.54) is 0 Å². The molecule has 0 unspecified atom stereocenters. The summed E-state index contributed by atoms with van der Waals surface area (Å²) in [5.41, 5.74) is 3.92. The Kier molecular flexibility index (Phi) is 5.45. The van der Waals surface area contributed by atoms with Crippen LogP contribution < -0.4 is 16.7 Å². The summed E-state index contributed by atoms with van der Waals surface area (Å²) in [4.78, 5) is 38.7. The number of aromatic nitrogens is 2. The normalized spacial score (nSPS) is 11.0. The van der Waals surface area contributed by atoms with Gasteiger partial charge in [0.15, 0.2) is 0 Å². The number of H-pyrrole nitrogens is 1. The number of hydrazone groups is 1. The number of aromatic hydroxyl groups is 1. The molecular weight excluding hydrogens is 372 g/mol. The number of aromatic amines is 1. The third-order valence-electron chi connectivity index (χ3n) is 4.35. The summed E-state index contributed by atoms with van der Waals surface area (Å²) >= 11 is 0. The molecule has 0 saturated heterocycles. The SMILES string of the molecule is Cc1cccc(C(=O)NN=Cc2c(O)n(-c3ccc(C)cc3C)c(=O)[nH]c2=O)c1. The third-order valence-corrected chi connectivity index (χ3v) is 4.35. The van der Waals surface area contributed by atoms with Gasteiger partial charge in [0, 0.05) is 5.56 Å². The van der Waals surface area contributed by atoms with Crippen LogP contribution in [0.4, 0.5) is 0 Å². The second kappa shape index (κ2) is 7.97. The van der Waals surface area contributed by atoms with Crippen LogP contribution in [-0.2, 0) is 0 Å². The highest BCUT2D eigenvalue weighted by molar-refractivity contribution is 5.95. The minimum absolute atomic E-state index is 0.255. The second-order valence-corrected chi connectivity index (χ2v) is 6.69. The van der Waals surface area contributed by atoms with Gasteiger partial charge < -0.3 is 5.11 Å². The van der Waals surface area contributed by atoms with Crippen molar-refractivity contribution >= 4 is 12.1 Å². The highest BCUT2D eigenvalue weighted by atomic mass is 16.3. The number of carbonyl (C=O) groups excluding carboxylic acids is 1. The van der Waals surface area contributed by atoms with Gasteiger partial charge >= 0.3 is 5.69 Å². The Labute approximate surface area is 166 Å². The van der Waals surface area contributed by atoms with Crippen LogP contribution in [0.5, 0.6) is 5.88 Å². The van der Waals surface area contributed by atoms with Crippen molar-refractivity contribution in [1.82, 2.24) is 15.0 Å². The number of hydrogen-bond acceptors (Lipinski definition) is 5. The maximum atomic E-state index is 12.3. The zero-order chi connectivity index (χ0) is 21.1. The first kappa shape index (κ1) is 19.8. The van der Waals surface area contributed by atoms with Gasteiger partial charge in [-0.3, -0.25) is 14.6 Å². The topological polar surface area (TPSA) is 117 Å². The molecule has 29 heavy (non-hydrogen) atoms. The zero-order valence-corrected chi connectivity index (χ0v) is 16.2. The van der Waals surface area contributed by atoms with Gasteiger partial charge in [0.05, 0.1) is 11.9 Å². The van der Waals surface area contributed by atoms with Crippen molar-refractivity contribution in [3.63, 3.8) is 0 Å². The predicted molar refractivity (Wildman–Crippen MR) is 110 cm³/mol. The Morgan fingerprint density at radius 2 is 1.83 bits per heavy atom. The average molecular weight is 392 g/mol. The first-order valence-corrected chi connectivity index (χ1v) is 8.84. The number of carbonyl (C=O) groups is 1. The molecule has 3 N–H and O–H groups in total. The van der Waals surface area contributed by atoms with E-state index in [-0.39, 0.29) is 5.56 Å². The van der Waals surface area contributed by atoms with Crippen molar-refractivity contribution < 1.29 is 9.90 Å². The van der Waals surface area contributed by atoms with Crippen LogP contribution >= 0.6 is 0 Å². The number of amides is 1. The monoisotopic (exact) mass is 392 g/mol. The van der Waals surface area contributed by atoms with Crippen molar-refractivity contribution in [2.45, 2.75) is 20.8 Å². The predicted octanol–water partition coefficient (Wildman–Crippen LogP) is 1.92. The van der Waals surface area contributed by atoms with Crippen LogP contribution in [0.15, 0.2) is 57.2 Å². The van der Waals surface area contributed by atoms with Crippen LogP contribution in [0, 0.1) is 20.8 Å². The molecule has 0 fully saturated rings. The minimum Gasteiger partial charge on any atom is -0.493 e. The molecule has 3 rings (SSSR count). The molecule has 0 saturated carbocycles. The van der Waals surface area contributed by atoms with Crippen molar-refractivity contribution in [3.8, 4) is 11.6 Å². The minimum atomic E-state index is -0.818. The molecule has 0 aliphatic carbocycles. The highest BCUT2D eigenvalue weighted by Crippen LogP contribution is 2.19. The number of aryl methyl sites for hydroxylation is 3. The van der Waals surface area contributed by atoms with Crippen molar-refractivity contribution in [2.24, 2.45) is 5.10 Å². The summed E-state index contributed by atoms with van der Waals surface area (Å²) in [5.74, 6) is -1.04. The lowest BCUT2D eigenvalue weighted by Crippen LogP contribution is -2.32. The highest BCUT2D eigenvalue weighted by Gasteiger charge is 2.16. The molecule has 0 radical (unpaired) electrons. The lowest BCUT2D eigenvalue weighted by atomic mass is 10.1. The fourth-order valence-corrected chi connectivity index (χ4v) is 2.94. The van der Waals surface area contributed by atoms with Crippen LogP contribution in [-0.4, -0.2) is 26.8 Å². The molecule has 0 bridgehead atoms. The lowest BCUT2D eigenvalue weighted by Gasteiger charge is -2.12. The summed E-state index contributed by atoms with van der Waals surface area (Å²) in [6, 6.07) is 12.2. The summed E-state index contributed by atoms with van der Waals surface area (Å²) in [6.07, 6.45) is 1.00. The standard InChI is InChI=1S/C21H20N4O4/c1-12-5-4-6-15(10-12)18(26)24-22-11-16-19(27)23-21(29)25(20(16)28)17-8-7-13(2)9-14(17)3/h4-11,28H,1-3H3,(H,24,26)(H,23,27,29). The molecule has 148 valence electrons. The molecular formula is C21H20N4O4. The molecule has 1 aromatic heterocycles. The van der Waals surface area contributed by atoms with Gasteiger partial charge in [0.25, 0.3) is 11.5 Å². The quantitative estimate of drug-likeness (QED) is 0.464. The third kappa shape index (κ3) is 4.16. The molecule has 3 aromatic rings. The molecule has 0 atom stereocenters. The number of nitrogens with one attached hydrogen (secondary N) is 2. The fourth-order valence-electron chi connectivity index (χ4n) is 2.94. The van der Waals surface area contributed by atoms with Crippen LogP contribution in [0.3, 0.4) is 0 Å². The molecule has 8 nitrogen and oxygen atoms in total. The Morgan fingerprint density at radius 3 is 2.52 bits per heavy atom. The van der Waals surface area contributed by atoms with Crippen LogP contribution in [0.1, 0.15) is 32.6 Å². The maximum Gasteiger partial charge on any atom is 0.335 e. The molecule has 2 aromatic carbocycles. The van der Waals surface area contributed by atoms with Crippen LogP contribution in [0.2, 0.25) is 0 Å². The summed E-state index contributed by atoms with van der Waals surface area (Å²) in [6.45, 7) is 5.55. The fraction of sp³-hybridized carbons (Fsp3) is 0.143. The molecule has 1 heterocycles. The molecule has 1 amide bonds. The van der Waals surface area contributed by atoms with E-state index in [1.807, 2.05) is 26.0 Å². The van der Waals surface area contributed by atoms with Gasteiger partial charge in [-0.05, 0) is 44.5 Å². The van der Waals surface area contributed by atoms with E-state index < -0.39 is 23.0 Å². The van der Waals surface area contributed by atoms with Gasteiger partial charge in [0.1, 0.15) is 5.56 Å². The Bertz CT molecular complexity index is 1240. The zero-order valence-electron chi connectivity index (χ0n) is 16.2. The van der Waals surface area contributed by atoms with Crippen molar-refractivity contribution in [3.05, 3.63) is 91.1 Å². The van der Waals surface area contributed by atoms with Crippen molar-refractivity contribution in [2.75, 3.05) is 0 Å². The number of rotatable bonds is 4. The Morgan fingerprint density at radius 1 is 1.10 bits per heavy atom. The average Bonchev–Trinajstić information content (AvgIpc) is 2.65. The number of nitrogens with zero attached hydrogens (tertiary/aromatic N) is 2. The summed E-state index contributed by atoms with van der Waals surface area (Å²) in [7, 11) is 0. The van der Waals surface area contributed by atoms with Gasteiger partial charge in [-0.15, -0.1) is 0 Å². The molecule has 0 spiro atoms. The largest absolute Gasteiger partial charge is 0.493 e. The van der Waals surface area contributed by atoms with Gasteiger partial charge in [-0.1, -0.05) is 35.4 Å². The number of hydrogen-bond donors (Lipinski definition) is 3. The van der Waals surface area contributed by atoms with Crippen LogP contribution in [0.25, 0.3) is 5.69 Å². The summed E-state index contributed by atoms with van der Waals surface area (Å²) < 4.78 is 0.986. The van der Waals surface area contributed by atoms with Gasteiger partial charge in [-0.25, -0.2) is 14.8 Å². The number of benzene rings is 2. The first-order chi connectivity index (χ1) is 13.8. The Hall–Kier alpha value is -3.94. The second-order valence-electron chi connectivity index (χ2n) is 6.69. The van der Waals surface area contributed by atoms with E-state index in [0.717, 1.165) is 27.5 Å². The van der Waals surface area contributed by atoms with E-state index >= 15 is 0 Å². The van der Waals surface area contributed by atoms with E-state index in [2.05, 4.69) is 15.5 Å². The maximum absolute atomic E-state index is 12.3. The Balaban J connectivity index is 1.96. The summed E-state index contributed by atoms with van der Waals surface area (Å²) in [5, 5.41) is 14.3. The molecule has 0 aliphatic rings. The van der Waals surface area contributed by atoms with E-state index in [1.54, 1.807) is 37.3 Å². The van der Waals surface area contributed by atoms with Crippen molar-refractivity contribution in [1.29, 1.82) is 0 Å². The first-order valence-electron chi connectivity index (χ1n) is 8.84. The molecule has 8 heteroatoms.